The molecule has 3 atom stereocenters. The number of rotatable bonds is 3. The fraction of sp³-hybridized carbons (Fsp3) is 0.643. The summed E-state index contributed by atoms with van der Waals surface area (Å²) in [5, 5.41) is 9.53. The van der Waals surface area contributed by atoms with Crippen LogP contribution >= 0.6 is 0 Å². The van der Waals surface area contributed by atoms with Crippen molar-refractivity contribution >= 4 is 17.1 Å². The van der Waals surface area contributed by atoms with Crippen LogP contribution in [0.15, 0.2) is 11.1 Å². The van der Waals surface area contributed by atoms with E-state index in [1.807, 2.05) is 20.8 Å². The molecule has 9 heteroatoms. The molecule has 0 saturated carbocycles. The van der Waals surface area contributed by atoms with Crippen LogP contribution in [0.4, 0.5) is 5.95 Å². The van der Waals surface area contributed by atoms with Crippen molar-refractivity contribution < 1.29 is 14.6 Å². The highest BCUT2D eigenvalue weighted by atomic mass is 16.6. The molecule has 1 aliphatic rings. The van der Waals surface area contributed by atoms with E-state index in [4.69, 9.17) is 15.2 Å². The van der Waals surface area contributed by atoms with Gasteiger partial charge in [-0.15, -0.1) is 0 Å². The molecule has 3 heterocycles. The van der Waals surface area contributed by atoms with E-state index < -0.39 is 17.9 Å². The Morgan fingerprint density at radius 2 is 2.30 bits per heavy atom. The number of aromatic amines is 1. The summed E-state index contributed by atoms with van der Waals surface area (Å²) in [6.45, 7) is 5.69. The molecule has 0 amide bonds. The highest BCUT2D eigenvalue weighted by molar-refractivity contribution is 5.70. The van der Waals surface area contributed by atoms with Crippen molar-refractivity contribution in [3.05, 3.63) is 16.7 Å². The molecule has 1 aliphatic heterocycles. The van der Waals surface area contributed by atoms with Crippen LogP contribution in [-0.2, 0) is 9.47 Å². The quantitative estimate of drug-likeness (QED) is 0.734. The second-order valence-electron chi connectivity index (χ2n) is 6.59. The van der Waals surface area contributed by atoms with Crippen molar-refractivity contribution in [3.63, 3.8) is 0 Å². The first-order valence-corrected chi connectivity index (χ1v) is 7.45. The molecule has 1 fully saturated rings. The lowest BCUT2D eigenvalue weighted by Crippen LogP contribution is -2.34. The number of nitrogens with zero attached hydrogens (tertiary/aromatic N) is 3. The zero-order valence-electron chi connectivity index (χ0n) is 13.3. The predicted octanol–water partition coefficient (Wildman–Crippen LogP) is 0.165. The maximum atomic E-state index is 11.8. The smallest absolute Gasteiger partial charge is 0.280 e. The first-order chi connectivity index (χ1) is 10.8. The van der Waals surface area contributed by atoms with Gasteiger partial charge >= 0.3 is 0 Å². The average molecular weight is 323 g/mol. The number of aliphatic hydroxyl groups excluding tert-OH is 1. The number of anilines is 1. The van der Waals surface area contributed by atoms with Crippen LogP contribution in [0.5, 0.6) is 0 Å². The topological polar surface area (TPSA) is 128 Å². The minimum Gasteiger partial charge on any atom is -0.394 e. The van der Waals surface area contributed by atoms with E-state index in [0.717, 1.165) is 0 Å². The first-order valence-electron chi connectivity index (χ1n) is 7.45. The summed E-state index contributed by atoms with van der Waals surface area (Å²) in [4.78, 5) is 22.5. The lowest BCUT2D eigenvalue weighted by atomic mass is 10.1. The summed E-state index contributed by atoms with van der Waals surface area (Å²) in [7, 11) is 0. The van der Waals surface area contributed by atoms with Gasteiger partial charge in [-0.2, -0.15) is 4.98 Å². The summed E-state index contributed by atoms with van der Waals surface area (Å²) >= 11 is 0. The molecule has 0 aliphatic carbocycles. The van der Waals surface area contributed by atoms with Crippen molar-refractivity contribution in [2.45, 2.75) is 51.2 Å². The molecule has 23 heavy (non-hydrogen) atoms. The zero-order valence-corrected chi connectivity index (χ0v) is 13.3. The molecule has 0 radical (unpaired) electrons. The molecule has 126 valence electrons. The maximum absolute atomic E-state index is 11.8. The number of hydrogen-bond acceptors (Lipinski definition) is 7. The van der Waals surface area contributed by atoms with Gasteiger partial charge in [0, 0.05) is 6.42 Å². The summed E-state index contributed by atoms with van der Waals surface area (Å²) in [6.07, 6.45) is 0.865. The van der Waals surface area contributed by atoms with Crippen LogP contribution in [0.25, 0.3) is 11.2 Å². The highest BCUT2D eigenvalue weighted by Crippen LogP contribution is 2.34. The molecule has 9 nitrogen and oxygen atoms in total. The van der Waals surface area contributed by atoms with Gasteiger partial charge in [0.05, 0.1) is 24.6 Å². The van der Waals surface area contributed by atoms with E-state index in [1.165, 1.54) is 6.33 Å². The Bertz CT molecular complexity index is 763. The minimum atomic E-state index is -0.448. The summed E-state index contributed by atoms with van der Waals surface area (Å²) < 4.78 is 13.5. The number of ether oxygens (including phenoxy) is 2. The predicted molar refractivity (Wildman–Crippen MR) is 82.8 cm³/mol. The molecule has 0 aromatic carbocycles. The standard InChI is InChI=1S/C14H21N5O4/c1-14(2,3)23-7-4-9(22-8(7)5-20)19-6-16-10-11(19)17-13(15)18-12(10)21/h6-9,20H,4-5H2,1-3H3,(H3,15,17,18,21)/t7?,8?,9-/m1/s1. The zero-order chi connectivity index (χ0) is 16.8. The van der Waals surface area contributed by atoms with Gasteiger partial charge in [-0.25, -0.2) is 4.98 Å². The molecule has 0 spiro atoms. The molecule has 1 saturated heterocycles. The monoisotopic (exact) mass is 323 g/mol. The summed E-state index contributed by atoms with van der Waals surface area (Å²) in [6, 6.07) is 0. The van der Waals surface area contributed by atoms with Crippen LogP contribution in [0, 0.1) is 0 Å². The number of fused-ring (bicyclic) bond motifs is 1. The van der Waals surface area contributed by atoms with Gasteiger partial charge < -0.3 is 20.3 Å². The van der Waals surface area contributed by atoms with Gasteiger partial charge in [0.25, 0.3) is 5.56 Å². The number of nitrogens with one attached hydrogen (secondary N) is 1. The Labute approximate surface area is 132 Å². The number of aliphatic hydroxyl groups is 1. The lowest BCUT2D eigenvalue weighted by molar-refractivity contribution is -0.105. The number of nitrogen functional groups attached to an aromatic ring is 1. The third kappa shape index (κ3) is 3.07. The molecule has 2 aromatic heterocycles. The van der Waals surface area contributed by atoms with Crippen molar-refractivity contribution in [1.29, 1.82) is 0 Å². The fourth-order valence-corrected chi connectivity index (χ4v) is 2.77. The van der Waals surface area contributed by atoms with Crippen LogP contribution < -0.4 is 11.3 Å². The largest absolute Gasteiger partial charge is 0.394 e. The number of aromatic nitrogens is 4. The normalized spacial score (nSPS) is 25.3. The van der Waals surface area contributed by atoms with Gasteiger partial charge in [0.2, 0.25) is 5.95 Å². The van der Waals surface area contributed by atoms with Gasteiger partial charge in [-0.05, 0) is 20.8 Å². The van der Waals surface area contributed by atoms with Gasteiger partial charge in [0.1, 0.15) is 12.3 Å². The third-order valence-electron chi connectivity index (χ3n) is 3.63. The van der Waals surface area contributed by atoms with E-state index in [2.05, 4.69) is 15.0 Å². The van der Waals surface area contributed by atoms with E-state index in [1.54, 1.807) is 4.57 Å². The highest BCUT2D eigenvalue weighted by Gasteiger charge is 2.39. The van der Waals surface area contributed by atoms with E-state index in [-0.39, 0.29) is 29.8 Å². The summed E-state index contributed by atoms with van der Waals surface area (Å²) in [5.41, 5.74) is 5.40. The second-order valence-corrected chi connectivity index (χ2v) is 6.59. The SMILES string of the molecule is CC(C)(C)OC1C[C@H](n2cnc3c(=O)[nH]c(N)nc32)OC1CO. The molecule has 4 N–H and O–H groups in total. The van der Waals surface area contributed by atoms with Gasteiger partial charge in [0.15, 0.2) is 11.2 Å². The number of hydrogen-bond donors (Lipinski definition) is 3. The van der Waals surface area contributed by atoms with Crippen LogP contribution in [-0.4, -0.2) is 49.0 Å². The van der Waals surface area contributed by atoms with Gasteiger partial charge in [-0.1, -0.05) is 0 Å². The number of imidazole rings is 1. The third-order valence-corrected chi connectivity index (χ3v) is 3.63. The van der Waals surface area contributed by atoms with E-state index >= 15 is 0 Å². The van der Waals surface area contributed by atoms with Gasteiger partial charge in [-0.3, -0.25) is 14.3 Å². The molecule has 2 unspecified atom stereocenters. The Kier molecular flexibility index (Phi) is 3.86. The average Bonchev–Trinajstić information content (AvgIpc) is 3.00. The molecular weight excluding hydrogens is 302 g/mol. The minimum absolute atomic E-state index is 0.0171. The van der Waals surface area contributed by atoms with Crippen molar-refractivity contribution in [2.75, 3.05) is 12.3 Å². The Morgan fingerprint density at radius 1 is 1.57 bits per heavy atom. The number of H-pyrrole nitrogens is 1. The Morgan fingerprint density at radius 3 is 2.96 bits per heavy atom. The summed E-state index contributed by atoms with van der Waals surface area (Å²) in [5.74, 6) is 0.0171. The fourth-order valence-electron chi connectivity index (χ4n) is 2.77. The second kappa shape index (κ2) is 5.59. The molecule has 2 aromatic rings. The maximum Gasteiger partial charge on any atom is 0.280 e. The first kappa shape index (κ1) is 15.9. The molecule has 3 rings (SSSR count). The van der Waals surface area contributed by atoms with E-state index in [9.17, 15) is 9.90 Å². The van der Waals surface area contributed by atoms with Crippen LogP contribution in [0.1, 0.15) is 33.4 Å². The van der Waals surface area contributed by atoms with Crippen LogP contribution in [0.2, 0.25) is 0 Å². The van der Waals surface area contributed by atoms with Crippen molar-refractivity contribution in [1.82, 2.24) is 19.5 Å². The van der Waals surface area contributed by atoms with Crippen molar-refractivity contribution in [3.8, 4) is 0 Å². The lowest BCUT2D eigenvalue weighted by Gasteiger charge is -2.26. The van der Waals surface area contributed by atoms with Crippen LogP contribution in [0.3, 0.4) is 0 Å². The van der Waals surface area contributed by atoms with Crippen molar-refractivity contribution in [2.24, 2.45) is 0 Å². The molecular formula is C14H21N5O4. The molecule has 0 bridgehead atoms. The Hall–Kier alpha value is -1.97. The number of nitrogens with two attached hydrogens (primary N) is 1. The van der Waals surface area contributed by atoms with E-state index in [0.29, 0.717) is 12.1 Å². The Balaban J connectivity index is 1.92.